The quantitative estimate of drug-likeness (QED) is 0.403. The summed E-state index contributed by atoms with van der Waals surface area (Å²) in [6.45, 7) is 0. The standard InChI is InChI=1S/C24H17N3O/c28-24(21-15-26-22-7-3-1-5-19(21)22)20-6-2-4-8-23(20)27-18-10-9-17-14-25-12-11-16(17)13-18/h1-15,26-27H. The van der Waals surface area contributed by atoms with Gasteiger partial charge in [-0.3, -0.25) is 9.78 Å². The number of pyridine rings is 1. The van der Waals surface area contributed by atoms with Crippen LogP contribution < -0.4 is 5.32 Å². The van der Waals surface area contributed by atoms with Gasteiger partial charge in [-0.1, -0.05) is 36.4 Å². The van der Waals surface area contributed by atoms with Crippen molar-refractivity contribution in [2.45, 2.75) is 0 Å². The minimum absolute atomic E-state index is 0.00876. The summed E-state index contributed by atoms with van der Waals surface area (Å²) < 4.78 is 0. The lowest BCUT2D eigenvalue weighted by Crippen LogP contribution is -2.05. The van der Waals surface area contributed by atoms with E-state index in [1.54, 1.807) is 12.4 Å². The molecule has 0 aliphatic heterocycles. The van der Waals surface area contributed by atoms with E-state index in [1.807, 2.05) is 72.9 Å². The summed E-state index contributed by atoms with van der Waals surface area (Å²) in [6.07, 6.45) is 5.40. The summed E-state index contributed by atoms with van der Waals surface area (Å²) in [4.78, 5) is 20.6. The second-order valence-corrected chi connectivity index (χ2v) is 6.69. The van der Waals surface area contributed by atoms with Crippen molar-refractivity contribution < 1.29 is 4.79 Å². The number of hydrogen-bond donors (Lipinski definition) is 2. The number of aromatic nitrogens is 2. The fourth-order valence-electron chi connectivity index (χ4n) is 3.51. The number of hydrogen-bond acceptors (Lipinski definition) is 3. The Bertz CT molecular complexity index is 1320. The van der Waals surface area contributed by atoms with Crippen molar-refractivity contribution in [1.29, 1.82) is 0 Å². The molecule has 5 rings (SSSR count). The van der Waals surface area contributed by atoms with Gasteiger partial charge in [-0.25, -0.2) is 0 Å². The lowest BCUT2D eigenvalue weighted by molar-refractivity contribution is 0.104. The van der Waals surface area contributed by atoms with Crippen molar-refractivity contribution in [3.8, 4) is 0 Å². The molecule has 0 saturated carbocycles. The second-order valence-electron chi connectivity index (χ2n) is 6.69. The maximum Gasteiger partial charge on any atom is 0.197 e. The van der Waals surface area contributed by atoms with E-state index in [0.29, 0.717) is 11.1 Å². The molecule has 0 spiro atoms. The first kappa shape index (κ1) is 16.3. The largest absolute Gasteiger partial charge is 0.360 e. The molecular weight excluding hydrogens is 346 g/mol. The smallest absolute Gasteiger partial charge is 0.197 e. The van der Waals surface area contributed by atoms with Gasteiger partial charge in [0.25, 0.3) is 0 Å². The molecule has 0 saturated heterocycles. The second kappa shape index (κ2) is 6.67. The van der Waals surface area contributed by atoms with E-state index in [4.69, 9.17) is 0 Å². The molecule has 5 aromatic rings. The third-order valence-electron chi connectivity index (χ3n) is 4.93. The zero-order valence-electron chi connectivity index (χ0n) is 15.0. The summed E-state index contributed by atoms with van der Waals surface area (Å²) >= 11 is 0. The van der Waals surface area contributed by atoms with Gasteiger partial charge in [0, 0.05) is 57.4 Å². The molecule has 2 heterocycles. The van der Waals surface area contributed by atoms with Gasteiger partial charge < -0.3 is 10.3 Å². The number of ketones is 1. The SMILES string of the molecule is O=C(c1ccccc1Nc1ccc2cnccc2c1)c1c[nH]c2ccccc12. The monoisotopic (exact) mass is 363 g/mol. The molecule has 0 amide bonds. The molecular formula is C24H17N3O. The molecule has 4 heteroatoms. The van der Waals surface area contributed by atoms with E-state index in [0.717, 1.165) is 33.1 Å². The Balaban J connectivity index is 1.54. The number of rotatable bonds is 4. The van der Waals surface area contributed by atoms with Crippen LogP contribution in [-0.4, -0.2) is 15.8 Å². The molecule has 0 radical (unpaired) electrons. The average Bonchev–Trinajstić information content (AvgIpc) is 3.18. The van der Waals surface area contributed by atoms with Gasteiger partial charge in [0.05, 0.1) is 0 Å². The normalized spacial score (nSPS) is 11.0. The molecule has 134 valence electrons. The highest BCUT2D eigenvalue weighted by Crippen LogP contribution is 2.28. The van der Waals surface area contributed by atoms with Crippen molar-refractivity contribution in [3.63, 3.8) is 0 Å². The Morgan fingerprint density at radius 2 is 1.71 bits per heavy atom. The maximum atomic E-state index is 13.3. The number of aromatic amines is 1. The van der Waals surface area contributed by atoms with Gasteiger partial charge in [0.15, 0.2) is 5.78 Å². The van der Waals surface area contributed by atoms with Crippen LogP contribution in [0.25, 0.3) is 21.7 Å². The van der Waals surface area contributed by atoms with Crippen LogP contribution in [0.4, 0.5) is 11.4 Å². The highest BCUT2D eigenvalue weighted by Gasteiger charge is 2.17. The number of nitrogens with zero attached hydrogens (tertiary/aromatic N) is 1. The molecule has 0 aliphatic carbocycles. The average molecular weight is 363 g/mol. The third-order valence-corrected chi connectivity index (χ3v) is 4.93. The first-order valence-corrected chi connectivity index (χ1v) is 9.10. The minimum Gasteiger partial charge on any atom is -0.360 e. The summed E-state index contributed by atoms with van der Waals surface area (Å²) in [5.74, 6) is -0.00876. The Morgan fingerprint density at radius 1 is 0.857 bits per heavy atom. The Hall–Kier alpha value is -3.92. The van der Waals surface area contributed by atoms with E-state index >= 15 is 0 Å². The molecule has 3 aromatic carbocycles. The van der Waals surface area contributed by atoms with Crippen molar-refractivity contribution in [2.24, 2.45) is 0 Å². The van der Waals surface area contributed by atoms with Crippen LogP contribution in [0.15, 0.2) is 91.4 Å². The van der Waals surface area contributed by atoms with Gasteiger partial charge in [0.1, 0.15) is 0 Å². The lowest BCUT2D eigenvalue weighted by atomic mass is 10.0. The van der Waals surface area contributed by atoms with Gasteiger partial charge in [0.2, 0.25) is 0 Å². The molecule has 0 fully saturated rings. The van der Waals surface area contributed by atoms with Crippen molar-refractivity contribution in [1.82, 2.24) is 9.97 Å². The molecule has 4 nitrogen and oxygen atoms in total. The molecule has 0 atom stereocenters. The number of H-pyrrole nitrogens is 1. The lowest BCUT2D eigenvalue weighted by Gasteiger charge is -2.12. The first-order valence-electron chi connectivity index (χ1n) is 9.10. The zero-order valence-corrected chi connectivity index (χ0v) is 15.0. The van der Waals surface area contributed by atoms with Gasteiger partial charge in [-0.05, 0) is 41.8 Å². The van der Waals surface area contributed by atoms with Gasteiger partial charge in [-0.2, -0.15) is 0 Å². The molecule has 28 heavy (non-hydrogen) atoms. The molecule has 2 N–H and O–H groups in total. The predicted molar refractivity (Wildman–Crippen MR) is 113 cm³/mol. The van der Waals surface area contributed by atoms with E-state index in [2.05, 4.69) is 21.4 Å². The van der Waals surface area contributed by atoms with Crippen LogP contribution in [0, 0.1) is 0 Å². The van der Waals surface area contributed by atoms with Crippen molar-refractivity contribution in [2.75, 3.05) is 5.32 Å². The number of carbonyl (C=O) groups excluding carboxylic acids is 1. The van der Waals surface area contributed by atoms with E-state index in [1.165, 1.54) is 0 Å². The summed E-state index contributed by atoms with van der Waals surface area (Å²) in [6, 6.07) is 23.5. The van der Waals surface area contributed by atoms with Crippen LogP contribution in [0.2, 0.25) is 0 Å². The number of para-hydroxylation sites is 2. The molecule has 0 unspecified atom stereocenters. The van der Waals surface area contributed by atoms with E-state index in [-0.39, 0.29) is 5.78 Å². The summed E-state index contributed by atoms with van der Waals surface area (Å²) in [5.41, 5.74) is 3.99. The van der Waals surface area contributed by atoms with Crippen molar-refractivity contribution >= 4 is 38.8 Å². The van der Waals surface area contributed by atoms with Crippen LogP contribution >= 0.6 is 0 Å². The highest BCUT2D eigenvalue weighted by atomic mass is 16.1. The summed E-state index contributed by atoms with van der Waals surface area (Å²) in [5, 5.41) is 6.51. The topological polar surface area (TPSA) is 57.8 Å². The van der Waals surface area contributed by atoms with E-state index < -0.39 is 0 Å². The van der Waals surface area contributed by atoms with Crippen LogP contribution in [0.1, 0.15) is 15.9 Å². The van der Waals surface area contributed by atoms with Crippen molar-refractivity contribution in [3.05, 3.63) is 103 Å². The molecule has 0 bridgehead atoms. The Labute approximate surface area is 161 Å². The van der Waals surface area contributed by atoms with Crippen LogP contribution in [0.3, 0.4) is 0 Å². The number of fused-ring (bicyclic) bond motifs is 2. The fraction of sp³-hybridized carbons (Fsp3) is 0. The number of nitrogens with one attached hydrogen (secondary N) is 2. The predicted octanol–water partition coefficient (Wildman–Crippen LogP) is 5.69. The third kappa shape index (κ3) is 2.81. The maximum absolute atomic E-state index is 13.3. The first-order chi connectivity index (χ1) is 13.8. The number of anilines is 2. The van der Waals surface area contributed by atoms with Crippen LogP contribution in [0.5, 0.6) is 0 Å². The van der Waals surface area contributed by atoms with Crippen LogP contribution in [-0.2, 0) is 0 Å². The Morgan fingerprint density at radius 3 is 2.68 bits per heavy atom. The minimum atomic E-state index is -0.00876. The molecule has 0 aliphatic rings. The number of benzene rings is 3. The molecule has 2 aromatic heterocycles. The van der Waals surface area contributed by atoms with Gasteiger partial charge >= 0.3 is 0 Å². The van der Waals surface area contributed by atoms with E-state index in [9.17, 15) is 4.79 Å². The fourth-order valence-corrected chi connectivity index (χ4v) is 3.51. The van der Waals surface area contributed by atoms with Gasteiger partial charge in [-0.15, -0.1) is 0 Å². The highest BCUT2D eigenvalue weighted by molar-refractivity contribution is 6.18. The number of carbonyl (C=O) groups is 1. The Kier molecular flexibility index (Phi) is 3.87. The zero-order chi connectivity index (χ0) is 18.9. The summed E-state index contributed by atoms with van der Waals surface area (Å²) in [7, 11) is 0.